The van der Waals surface area contributed by atoms with Crippen LogP contribution in [0.3, 0.4) is 0 Å². The smallest absolute Gasteiger partial charge is 0.477 e. The van der Waals surface area contributed by atoms with Gasteiger partial charge >= 0.3 is 6.08 Å². The lowest BCUT2D eigenvalue weighted by Gasteiger charge is -1.99. The molecule has 0 N–H and O–H groups in total. The molecule has 2 aromatic carbocycles. The maximum absolute atomic E-state index is 10.5. The number of hydrogen-bond donors (Lipinski definition) is 0. The summed E-state index contributed by atoms with van der Waals surface area (Å²) in [5.41, 5.74) is 1.02. The van der Waals surface area contributed by atoms with Gasteiger partial charge in [-0.1, -0.05) is 36.4 Å². The van der Waals surface area contributed by atoms with Gasteiger partial charge in [-0.15, -0.1) is 0 Å². The van der Waals surface area contributed by atoms with E-state index < -0.39 is 0 Å². The molecule has 0 heterocycles. The Morgan fingerprint density at radius 3 is 2.53 bits per heavy atom. The first-order valence-electron chi connectivity index (χ1n) is 5.00. The number of fused-ring (bicyclic) bond motifs is 1. The van der Waals surface area contributed by atoms with Gasteiger partial charge in [-0.25, -0.2) is 0 Å². The minimum Gasteiger partial charge on any atom is -1.00 e. The van der Waals surface area contributed by atoms with Crippen molar-refractivity contribution in [2.75, 3.05) is 7.11 Å². The summed E-state index contributed by atoms with van der Waals surface area (Å²) >= 11 is 0. The molecule has 0 spiro atoms. The Morgan fingerprint density at radius 1 is 1.18 bits per heavy atom. The Kier molecular flexibility index (Phi) is 4.70. The molecule has 0 amide bonds. The molecule has 2 aromatic rings. The summed E-state index contributed by atoms with van der Waals surface area (Å²) in [7, 11) is 1.45. The molecule has 0 saturated heterocycles. The van der Waals surface area contributed by atoms with Crippen molar-refractivity contribution in [3.05, 3.63) is 48.0 Å². The van der Waals surface area contributed by atoms with Crippen LogP contribution in [0.15, 0.2) is 42.5 Å². The standard InChI is InChI=1S/C13H12NO2.ClH/c1-16-14(10-15)9-11-6-7-12-4-2-3-5-13(12)8-11;/h2-8H,9H2,1H3;1H/q+1;/p-1. The first kappa shape index (κ1) is 13.2. The minimum absolute atomic E-state index is 0. The Morgan fingerprint density at radius 2 is 1.88 bits per heavy atom. The molecule has 0 aliphatic carbocycles. The SMILES string of the molecule is CO[N+](=C=O)Cc1ccc2ccccc2c1.[Cl-]. The Hall–Kier alpha value is -1.83. The van der Waals surface area contributed by atoms with Gasteiger partial charge in [-0.05, 0) is 16.8 Å². The molecule has 0 aliphatic heterocycles. The molecule has 0 saturated carbocycles. The van der Waals surface area contributed by atoms with Crippen molar-refractivity contribution < 1.29 is 26.8 Å². The van der Waals surface area contributed by atoms with Gasteiger partial charge in [0.1, 0.15) is 0 Å². The van der Waals surface area contributed by atoms with Crippen molar-refractivity contribution in [3.63, 3.8) is 0 Å². The highest BCUT2D eigenvalue weighted by Gasteiger charge is 2.07. The lowest BCUT2D eigenvalue weighted by Crippen LogP contribution is -3.00. The number of hydroxylamine groups is 1. The summed E-state index contributed by atoms with van der Waals surface area (Å²) in [5, 5.41) is 2.34. The highest BCUT2D eigenvalue weighted by Crippen LogP contribution is 2.15. The fourth-order valence-corrected chi connectivity index (χ4v) is 1.64. The number of hydrogen-bond acceptors (Lipinski definition) is 2. The van der Waals surface area contributed by atoms with E-state index in [0.717, 1.165) is 15.7 Å². The van der Waals surface area contributed by atoms with Gasteiger partial charge in [0, 0.05) is 5.56 Å². The predicted molar refractivity (Wildman–Crippen MR) is 60.6 cm³/mol. The second kappa shape index (κ2) is 6.04. The van der Waals surface area contributed by atoms with Gasteiger partial charge in [-0.3, -0.25) is 4.84 Å². The average Bonchev–Trinajstić information content (AvgIpc) is 2.35. The quantitative estimate of drug-likeness (QED) is 0.310. The van der Waals surface area contributed by atoms with Crippen molar-refractivity contribution in [1.82, 2.24) is 0 Å². The highest BCUT2D eigenvalue weighted by atomic mass is 35.5. The summed E-state index contributed by atoms with van der Waals surface area (Å²) in [6.07, 6.45) is 1.71. The minimum atomic E-state index is 0. The van der Waals surface area contributed by atoms with Gasteiger partial charge < -0.3 is 12.4 Å². The number of nitrogens with zero attached hydrogens (tertiary/aromatic N) is 1. The summed E-state index contributed by atoms with van der Waals surface area (Å²) < 4.78 is 1.13. The van der Waals surface area contributed by atoms with E-state index >= 15 is 0 Å². The number of isocyanates is 1. The van der Waals surface area contributed by atoms with Crippen LogP contribution in [0.4, 0.5) is 0 Å². The number of carbonyl (C=O) groups excluding carboxylic acids is 1. The van der Waals surface area contributed by atoms with Crippen LogP contribution in [-0.4, -0.2) is 17.9 Å². The van der Waals surface area contributed by atoms with Crippen LogP contribution in [0.5, 0.6) is 0 Å². The maximum atomic E-state index is 10.5. The third-order valence-corrected chi connectivity index (χ3v) is 2.46. The fourth-order valence-electron chi connectivity index (χ4n) is 1.64. The van der Waals surface area contributed by atoms with Crippen molar-refractivity contribution in [1.29, 1.82) is 0 Å². The molecule has 3 nitrogen and oxygen atoms in total. The van der Waals surface area contributed by atoms with Crippen molar-refractivity contribution in [3.8, 4) is 0 Å². The van der Waals surface area contributed by atoms with Gasteiger partial charge in [-0.2, -0.15) is 4.79 Å². The summed E-state index contributed by atoms with van der Waals surface area (Å²) in [6.45, 7) is 0.408. The molecule has 0 aliphatic rings. The van der Waals surface area contributed by atoms with E-state index in [1.165, 1.54) is 12.5 Å². The van der Waals surface area contributed by atoms with Gasteiger partial charge in [0.15, 0.2) is 7.11 Å². The number of halogens is 1. The Labute approximate surface area is 106 Å². The zero-order valence-electron chi connectivity index (χ0n) is 9.39. The van der Waals surface area contributed by atoms with Gasteiger partial charge in [0.25, 0.3) is 0 Å². The Bertz CT molecular complexity index is 562. The molecule has 4 heteroatoms. The number of benzene rings is 2. The van der Waals surface area contributed by atoms with Crippen LogP contribution in [0.1, 0.15) is 5.56 Å². The third kappa shape index (κ3) is 3.06. The van der Waals surface area contributed by atoms with E-state index in [-0.39, 0.29) is 12.4 Å². The van der Waals surface area contributed by atoms with E-state index in [0.29, 0.717) is 6.54 Å². The third-order valence-electron chi connectivity index (χ3n) is 2.46. The summed E-state index contributed by atoms with van der Waals surface area (Å²) in [6, 6.07) is 14.1. The summed E-state index contributed by atoms with van der Waals surface area (Å²) in [4.78, 5) is 15.3. The molecule has 0 bridgehead atoms. The molecule has 2 rings (SSSR count). The summed E-state index contributed by atoms with van der Waals surface area (Å²) in [5.74, 6) is 0. The van der Waals surface area contributed by atoms with Crippen molar-refractivity contribution in [2.45, 2.75) is 6.54 Å². The zero-order valence-corrected chi connectivity index (χ0v) is 10.1. The van der Waals surface area contributed by atoms with Crippen molar-refractivity contribution in [2.24, 2.45) is 0 Å². The zero-order chi connectivity index (χ0) is 11.4. The lowest BCUT2D eigenvalue weighted by atomic mass is 10.1. The van der Waals surface area contributed by atoms with Crippen LogP contribution >= 0.6 is 0 Å². The van der Waals surface area contributed by atoms with Gasteiger partial charge in [0.2, 0.25) is 6.54 Å². The second-order valence-corrected chi connectivity index (χ2v) is 3.49. The topological polar surface area (TPSA) is 29.3 Å². The molecular formula is C13H12ClNO2. The van der Waals surface area contributed by atoms with E-state index in [4.69, 9.17) is 4.84 Å². The molecule has 17 heavy (non-hydrogen) atoms. The van der Waals surface area contributed by atoms with E-state index in [2.05, 4.69) is 6.07 Å². The van der Waals surface area contributed by atoms with Crippen LogP contribution < -0.4 is 12.4 Å². The molecule has 0 fully saturated rings. The maximum Gasteiger partial charge on any atom is 0.477 e. The lowest BCUT2D eigenvalue weighted by molar-refractivity contribution is -0.789. The van der Waals surface area contributed by atoms with E-state index in [9.17, 15) is 4.79 Å². The molecular weight excluding hydrogens is 238 g/mol. The van der Waals surface area contributed by atoms with Crippen LogP contribution in [-0.2, 0) is 16.2 Å². The number of rotatable bonds is 3. The van der Waals surface area contributed by atoms with Crippen LogP contribution in [0.25, 0.3) is 10.8 Å². The average molecular weight is 250 g/mol. The van der Waals surface area contributed by atoms with Crippen molar-refractivity contribution >= 4 is 16.9 Å². The molecule has 0 aromatic heterocycles. The largest absolute Gasteiger partial charge is 1.00 e. The van der Waals surface area contributed by atoms with Crippen LogP contribution in [0, 0.1) is 0 Å². The fraction of sp³-hybridized carbons (Fsp3) is 0.154. The van der Waals surface area contributed by atoms with E-state index in [1.54, 1.807) is 6.08 Å². The van der Waals surface area contributed by atoms with Crippen LogP contribution in [0.2, 0.25) is 0 Å². The Balaban J connectivity index is 0.00000144. The van der Waals surface area contributed by atoms with E-state index in [1.807, 2.05) is 36.4 Å². The normalized spacial score (nSPS) is 9.24. The molecule has 0 atom stereocenters. The van der Waals surface area contributed by atoms with Gasteiger partial charge in [0.05, 0.1) is 4.74 Å². The first-order chi connectivity index (χ1) is 7.83. The monoisotopic (exact) mass is 249 g/mol. The predicted octanol–water partition coefficient (Wildman–Crippen LogP) is -0.746. The molecule has 0 radical (unpaired) electrons. The molecule has 0 unspecified atom stereocenters. The molecule has 88 valence electrons. The first-order valence-corrected chi connectivity index (χ1v) is 5.00. The highest BCUT2D eigenvalue weighted by molar-refractivity contribution is 5.82. The second-order valence-electron chi connectivity index (χ2n) is 3.49.